The van der Waals surface area contributed by atoms with Crippen molar-refractivity contribution < 1.29 is 9.53 Å². The Balaban J connectivity index is 1.44. The molecule has 0 bridgehead atoms. The summed E-state index contributed by atoms with van der Waals surface area (Å²) in [4.78, 5) is 26.9. The highest BCUT2D eigenvalue weighted by atomic mass is 16.5. The van der Waals surface area contributed by atoms with Gasteiger partial charge >= 0.3 is 0 Å². The molecule has 2 aliphatic rings. The van der Waals surface area contributed by atoms with Crippen LogP contribution in [0.15, 0.2) is 48.5 Å². The van der Waals surface area contributed by atoms with Crippen LogP contribution in [0.25, 0.3) is 21.9 Å². The summed E-state index contributed by atoms with van der Waals surface area (Å²) in [6.45, 7) is 5.30. The third-order valence-electron chi connectivity index (χ3n) is 7.57. The van der Waals surface area contributed by atoms with Crippen LogP contribution in [0.3, 0.4) is 0 Å². The van der Waals surface area contributed by atoms with Gasteiger partial charge in [0.2, 0.25) is 0 Å². The van der Waals surface area contributed by atoms with Crippen molar-refractivity contribution >= 4 is 45.0 Å². The minimum atomic E-state index is -0.660. The average Bonchev–Trinajstić information content (AvgIpc) is 2.94. The number of fused-ring (bicyclic) bond motifs is 3. The van der Waals surface area contributed by atoms with E-state index < -0.39 is 5.91 Å². The number of ether oxygens (including phenoxy) is 1. The van der Waals surface area contributed by atoms with Crippen LogP contribution >= 0.6 is 0 Å². The number of nitrogens with two attached hydrogens (primary N) is 1. The third-order valence-corrected chi connectivity index (χ3v) is 7.57. The van der Waals surface area contributed by atoms with Crippen molar-refractivity contribution in [1.82, 2.24) is 19.4 Å². The van der Waals surface area contributed by atoms with Crippen molar-refractivity contribution in [2.45, 2.75) is 18.9 Å². The standard InChI is InChI=1S/C28H32N8O2/c1-34-12-14-35(15-13-34)19-8-6-18(7-9-19)31-27-24(26(30)37)32-23-21-4-2-3-5-22(21)25(29)36(28(23)33-27)20-10-16-38-17-11-20/h2-9,20,29H,10-17H2,1H3,(H2,30,37)(H,31,33). The monoisotopic (exact) mass is 512 g/mol. The molecule has 4 heterocycles. The maximum atomic E-state index is 12.5. The molecule has 4 N–H and O–H groups in total. The Morgan fingerprint density at radius 3 is 2.37 bits per heavy atom. The van der Waals surface area contributed by atoms with Crippen molar-refractivity contribution in [2.75, 3.05) is 56.7 Å². The van der Waals surface area contributed by atoms with E-state index in [0.29, 0.717) is 29.9 Å². The first-order valence-electron chi connectivity index (χ1n) is 13.1. The molecule has 4 aromatic rings. The Hall–Kier alpha value is -4.02. The summed E-state index contributed by atoms with van der Waals surface area (Å²) in [6, 6.07) is 15.8. The Kier molecular flexibility index (Phi) is 6.42. The molecule has 6 rings (SSSR count). The predicted molar refractivity (Wildman–Crippen MR) is 148 cm³/mol. The molecule has 0 saturated carbocycles. The van der Waals surface area contributed by atoms with E-state index in [1.165, 1.54) is 0 Å². The summed E-state index contributed by atoms with van der Waals surface area (Å²) in [6.07, 6.45) is 1.56. The van der Waals surface area contributed by atoms with Crippen LogP contribution in [-0.4, -0.2) is 71.8 Å². The van der Waals surface area contributed by atoms with Crippen LogP contribution in [0.4, 0.5) is 17.2 Å². The SMILES string of the molecule is CN1CCN(c2ccc(Nc3nc4c(nc3C(N)=O)c3ccccc3c(=N)n4C3CCOCC3)cc2)CC1. The molecule has 2 saturated heterocycles. The first kappa shape index (κ1) is 24.3. The van der Waals surface area contributed by atoms with E-state index in [4.69, 9.17) is 25.8 Å². The van der Waals surface area contributed by atoms with Gasteiger partial charge in [0.15, 0.2) is 17.2 Å². The lowest BCUT2D eigenvalue weighted by molar-refractivity contribution is 0.0695. The number of piperazine rings is 1. The number of nitrogens with zero attached hydrogens (tertiary/aromatic N) is 5. The van der Waals surface area contributed by atoms with Gasteiger partial charge in [-0.1, -0.05) is 24.3 Å². The number of hydrogen-bond donors (Lipinski definition) is 3. The van der Waals surface area contributed by atoms with Gasteiger partial charge < -0.3 is 30.2 Å². The first-order valence-corrected chi connectivity index (χ1v) is 13.1. The fraction of sp³-hybridized carbons (Fsp3) is 0.357. The second-order valence-corrected chi connectivity index (χ2v) is 10.0. The van der Waals surface area contributed by atoms with Crippen molar-refractivity contribution in [3.8, 4) is 0 Å². The molecule has 38 heavy (non-hydrogen) atoms. The summed E-state index contributed by atoms with van der Waals surface area (Å²) >= 11 is 0. The van der Waals surface area contributed by atoms with Crippen molar-refractivity contribution in [3.63, 3.8) is 0 Å². The second-order valence-electron chi connectivity index (χ2n) is 10.0. The smallest absolute Gasteiger partial charge is 0.271 e. The molecule has 0 spiro atoms. The number of carbonyl (C=O) groups is 1. The molecule has 2 fully saturated rings. The molecule has 0 atom stereocenters. The quantitative estimate of drug-likeness (QED) is 0.351. The Labute approximate surface area is 220 Å². The van der Waals surface area contributed by atoms with Crippen LogP contribution in [0.2, 0.25) is 0 Å². The average molecular weight is 513 g/mol. The molecule has 0 aliphatic carbocycles. The number of rotatable bonds is 5. The van der Waals surface area contributed by atoms with Gasteiger partial charge in [-0.25, -0.2) is 9.97 Å². The lowest BCUT2D eigenvalue weighted by Crippen LogP contribution is -2.44. The Bertz CT molecular complexity index is 1550. The van der Waals surface area contributed by atoms with Crippen molar-refractivity contribution in [2.24, 2.45) is 5.73 Å². The third kappa shape index (κ3) is 4.46. The van der Waals surface area contributed by atoms with Crippen LogP contribution in [-0.2, 0) is 4.74 Å². The molecule has 10 heteroatoms. The van der Waals surface area contributed by atoms with Gasteiger partial charge in [0.05, 0.1) is 0 Å². The number of anilines is 3. The number of amides is 1. The first-order chi connectivity index (χ1) is 18.5. The minimum absolute atomic E-state index is 0.0489. The summed E-state index contributed by atoms with van der Waals surface area (Å²) < 4.78 is 7.53. The van der Waals surface area contributed by atoms with Gasteiger partial charge in [-0.15, -0.1) is 0 Å². The van der Waals surface area contributed by atoms with E-state index in [0.717, 1.165) is 61.2 Å². The summed E-state index contributed by atoms with van der Waals surface area (Å²) in [7, 11) is 2.14. The summed E-state index contributed by atoms with van der Waals surface area (Å²) in [5.41, 5.74) is 9.30. The van der Waals surface area contributed by atoms with Gasteiger partial charge in [0, 0.05) is 67.6 Å². The molecular weight excluding hydrogens is 480 g/mol. The zero-order valence-corrected chi connectivity index (χ0v) is 21.5. The molecule has 2 aromatic heterocycles. The topological polar surface area (TPSA) is 125 Å². The van der Waals surface area contributed by atoms with E-state index in [9.17, 15) is 4.79 Å². The van der Waals surface area contributed by atoms with Crippen molar-refractivity contribution in [1.29, 1.82) is 5.41 Å². The predicted octanol–water partition coefficient (Wildman–Crippen LogP) is 3.01. The number of benzene rings is 2. The van der Waals surface area contributed by atoms with E-state index in [-0.39, 0.29) is 17.6 Å². The highest BCUT2D eigenvalue weighted by Gasteiger charge is 2.24. The molecule has 2 aliphatic heterocycles. The number of primary amides is 1. The van der Waals surface area contributed by atoms with E-state index in [1.807, 2.05) is 41.0 Å². The number of nitrogens with one attached hydrogen (secondary N) is 2. The second kappa shape index (κ2) is 10.0. The minimum Gasteiger partial charge on any atom is -0.381 e. The molecule has 10 nitrogen and oxygen atoms in total. The number of aromatic nitrogens is 3. The van der Waals surface area contributed by atoms with Gasteiger partial charge in [-0.3, -0.25) is 10.2 Å². The molecule has 0 unspecified atom stereocenters. The largest absolute Gasteiger partial charge is 0.381 e. The molecule has 1 amide bonds. The van der Waals surface area contributed by atoms with Crippen LogP contribution in [0.5, 0.6) is 0 Å². The highest BCUT2D eigenvalue weighted by Crippen LogP contribution is 2.30. The zero-order valence-electron chi connectivity index (χ0n) is 21.5. The van der Waals surface area contributed by atoms with Gasteiger partial charge in [-0.05, 0) is 44.2 Å². The Morgan fingerprint density at radius 2 is 1.68 bits per heavy atom. The normalized spacial score (nSPS) is 17.2. The van der Waals surface area contributed by atoms with Crippen LogP contribution in [0, 0.1) is 5.41 Å². The summed E-state index contributed by atoms with van der Waals surface area (Å²) in [5, 5.41) is 13.9. The number of carbonyl (C=O) groups excluding carboxylic acids is 1. The number of pyridine rings is 1. The maximum absolute atomic E-state index is 12.5. The van der Waals surface area contributed by atoms with E-state index >= 15 is 0 Å². The Morgan fingerprint density at radius 1 is 1.00 bits per heavy atom. The van der Waals surface area contributed by atoms with Gasteiger partial charge in [0.25, 0.3) is 5.91 Å². The molecule has 2 aromatic carbocycles. The van der Waals surface area contributed by atoms with Crippen molar-refractivity contribution in [3.05, 3.63) is 59.7 Å². The van der Waals surface area contributed by atoms with Crippen LogP contribution < -0.4 is 21.4 Å². The summed E-state index contributed by atoms with van der Waals surface area (Å²) in [5.74, 6) is -0.375. The fourth-order valence-electron chi connectivity index (χ4n) is 5.42. The maximum Gasteiger partial charge on any atom is 0.271 e. The molecule has 196 valence electrons. The van der Waals surface area contributed by atoms with Gasteiger partial charge in [-0.2, -0.15) is 0 Å². The molecular formula is C28H32N8O2. The number of hydrogen-bond acceptors (Lipinski definition) is 8. The lowest BCUT2D eigenvalue weighted by atomic mass is 10.1. The van der Waals surface area contributed by atoms with Crippen LogP contribution in [0.1, 0.15) is 29.4 Å². The van der Waals surface area contributed by atoms with E-state index in [1.54, 1.807) is 0 Å². The fourth-order valence-corrected chi connectivity index (χ4v) is 5.42. The highest BCUT2D eigenvalue weighted by molar-refractivity contribution is 6.05. The zero-order chi connectivity index (χ0) is 26.2. The lowest BCUT2D eigenvalue weighted by Gasteiger charge is -2.34. The molecule has 0 radical (unpaired) electrons. The number of likely N-dealkylation sites (N-methyl/N-ethyl adjacent to an activating group) is 1. The van der Waals surface area contributed by atoms with E-state index in [2.05, 4.69) is 34.3 Å². The van der Waals surface area contributed by atoms with Gasteiger partial charge in [0.1, 0.15) is 11.0 Å².